The number of nitrogens with zero attached hydrogens (tertiary/aromatic N) is 2. The summed E-state index contributed by atoms with van der Waals surface area (Å²) in [6.07, 6.45) is 2.17. The van der Waals surface area contributed by atoms with E-state index in [4.69, 9.17) is 4.98 Å². The number of hydrogen-bond donors (Lipinski definition) is 0. The minimum atomic E-state index is 0.457. The molecule has 0 N–H and O–H groups in total. The molecule has 0 radical (unpaired) electrons. The van der Waals surface area contributed by atoms with E-state index in [1.54, 1.807) is 0 Å². The van der Waals surface area contributed by atoms with Crippen LogP contribution in [-0.2, 0) is 0 Å². The van der Waals surface area contributed by atoms with E-state index in [0.717, 1.165) is 16.9 Å². The van der Waals surface area contributed by atoms with Crippen molar-refractivity contribution in [2.75, 3.05) is 0 Å². The Bertz CT molecular complexity index is 1060. The van der Waals surface area contributed by atoms with Gasteiger partial charge in [-0.25, -0.2) is 4.98 Å². The lowest BCUT2D eigenvalue weighted by molar-refractivity contribution is 0.807. The molecule has 0 aliphatic heterocycles. The molecule has 0 bridgehead atoms. The Morgan fingerprint density at radius 1 is 0.704 bits per heavy atom. The molecule has 0 aliphatic carbocycles. The zero-order chi connectivity index (χ0) is 19.0. The van der Waals surface area contributed by atoms with Crippen LogP contribution in [0.25, 0.3) is 28.0 Å². The topological polar surface area (TPSA) is 17.8 Å². The summed E-state index contributed by atoms with van der Waals surface area (Å²) in [5.41, 5.74) is 7.23. The van der Waals surface area contributed by atoms with Crippen molar-refractivity contribution >= 4 is 10.9 Å². The number of para-hydroxylation sites is 2. The Labute approximate surface area is 161 Å². The van der Waals surface area contributed by atoms with Gasteiger partial charge in [-0.2, -0.15) is 0 Å². The van der Waals surface area contributed by atoms with Gasteiger partial charge in [0, 0.05) is 11.6 Å². The molecule has 27 heavy (non-hydrogen) atoms. The van der Waals surface area contributed by atoms with Gasteiger partial charge in [-0.1, -0.05) is 70.2 Å². The molecule has 4 rings (SSSR count). The van der Waals surface area contributed by atoms with Gasteiger partial charge in [-0.15, -0.1) is 0 Å². The second-order valence-corrected chi connectivity index (χ2v) is 7.75. The first-order valence-electron chi connectivity index (χ1n) is 9.73. The molecule has 0 aliphatic rings. The van der Waals surface area contributed by atoms with Gasteiger partial charge in [-0.05, 0) is 47.2 Å². The van der Waals surface area contributed by atoms with E-state index >= 15 is 0 Å². The predicted molar refractivity (Wildman–Crippen MR) is 115 cm³/mol. The second kappa shape index (κ2) is 7.03. The summed E-state index contributed by atoms with van der Waals surface area (Å²) in [7, 11) is 0. The van der Waals surface area contributed by atoms with Gasteiger partial charge >= 0.3 is 0 Å². The van der Waals surface area contributed by atoms with E-state index in [0.29, 0.717) is 11.8 Å². The van der Waals surface area contributed by atoms with Crippen LogP contribution in [0.2, 0.25) is 0 Å². The number of pyridine rings is 1. The predicted octanol–water partition coefficient (Wildman–Crippen LogP) is 6.94. The second-order valence-electron chi connectivity index (χ2n) is 7.75. The fraction of sp³-hybridized carbons (Fsp3) is 0.240. The summed E-state index contributed by atoms with van der Waals surface area (Å²) in [6.45, 7) is 9.06. The van der Waals surface area contributed by atoms with E-state index in [2.05, 4.69) is 99.1 Å². The van der Waals surface area contributed by atoms with Crippen LogP contribution in [0.4, 0.5) is 0 Å². The Kier molecular flexibility index (Phi) is 4.57. The van der Waals surface area contributed by atoms with E-state index in [1.165, 1.54) is 22.2 Å². The maximum absolute atomic E-state index is 4.93. The molecule has 2 aromatic heterocycles. The van der Waals surface area contributed by atoms with Crippen LogP contribution >= 0.6 is 0 Å². The minimum absolute atomic E-state index is 0.457. The first-order valence-corrected chi connectivity index (χ1v) is 9.73. The Hall–Kier alpha value is -2.87. The van der Waals surface area contributed by atoms with E-state index in [-0.39, 0.29) is 0 Å². The largest absolute Gasteiger partial charge is 0.315 e. The van der Waals surface area contributed by atoms with E-state index in [1.807, 2.05) is 6.07 Å². The molecule has 0 spiro atoms. The summed E-state index contributed by atoms with van der Waals surface area (Å²) in [5.74, 6) is 0.914. The lowest BCUT2D eigenvalue weighted by atomic mass is 9.92. The lowest BCUT2D eigenvalue weighted by Crippen LogP contribution is -2.07. The van der Waals surface area contributed by atoms with Crippen molar-refractivity contribution in [2.24, 2.45) is 0 Å². The molecule has 0 saturated carbocycles. The van der Waals surface area contributed by atoms with Crippen LogP contribution in [0.3, 0.4) is 0 Å². The first-order chi connectivity index (χ1) is 13.1. The third kappa shape index (κ3) is 3.16. The van der Waals surface area contributed by atoms with E-state index < -0.39 is 0 Å². The van der Waals surface area contributed by atoms with Gasteiger partial charge in [0.05, 0.1) is 22.6 Å². The lowest BCUT2D eigenvalue weighted by Gasteiger charge is -2.22. The highest BCUT2D eigenvalue weighted by Crippen LogP contribution is 2.34. The normalized spacial score (nSPS) is 11.6. The zero-order valence-electron chi connectivity index (χ0n) is 16.5. The summed E-state index contributed by atoms with van der Waals surface area (Å²) in [4.78, 5) is 4.93. The molecule has 0 unspecified atom stereocenters. The molecule has 0 fully saturated rings. The van der Waals surface area contributed by atoms with Gasteiger partial charge in [0.15, 0.2) is 0 Å². The third-order valence-corrected chi connectivity index (χ3v) is 5.19. The first kappa shape index (κ1) is 17.5. The maximum atomic E-state index is 4.93. The van der Waals surface area contributed by atoms with Crippen molar-refractivity contribution < 1.29 is 0 Å². The summed E-state index contributed by atoms with van der Waals surface area (Å²) >= 11 is 0. The highest BCUT2D eigenvalue weighted by atomic mass is 15.0. The molecule has 2 heterocycles. The van der Waals surface area contributed by atoms with Crippen molar-refractivity contribution in [3.05, 3.63) is 84.1 Å². The molecule has 2 aromatic carbocycles. The maximum Gasteiger partial charge on any atom is 0.0877 e. The summed E-state index contributed by atoms with van der Waals surface area (Å²) < 4.78 is 2.32. The van der Waals surface area contributed by atoms with Crippen molar-refractivity contribution in [1.82, 2.24) is 9.55 Å². The van der Waals surface area contributed by atoms with Crippen LogP contribution in [-0.4, -0.2) is 9.55 Å². The number of fused-ring (bicyclic) bond motifs is 1. The summed E-state index contributed by atoms with van der Waals surface area (Å²) in [6, 6.07) is 23.5. The van der Waals surface area contributed by atoms with Crippen LogP contribution in [0, 0.1) is 0 Å². The van der Waals surface area contributed by atoms with Crippen molar-refractivity contribution in [2.45, 2.75) is 39.5 Å². The SMILES string of the molecule is CC(C)c1cccc(C(C)C)c1-n1cccc1-c1ccc2ccccc2n1. The highest BCUT2D eigenvalue weighted by Gasteiger charge is 2.18. The smallest absolute Gasteiger partial charge is 0.0877 e. The van der Waals surface area contributed by atoms with Gasteiger partial charge in [0.25, 0.3) is 0 Å². The molecule has 4 aromatic rings. The van der Waals surface area contributed by atoms with E-state index in [9.17, 15) is 0 Å². The standard InChI is InChI=1S/C25H26N2/c1-17(2)20-10-7-11-21(18(3)4)25(20)27-16-8-13-24(27)23-15-14-19-9-5-6-12-22(19)26-23/h5-18H,1-4H3. The average molecular weight is 354 g/mol. The third-order valence-electron chi connectivity index (χ3n) is 5.19. The van der Waals surface area contributed by atoms with Gasteiger partial charge in [-0.3, -0.25) is 0 Å². The minimum Gasteiger partial charge on any atom is -0.315 e. The van der Waals surface area contributed by atoms with Crippen LogP contribution < -0.4 is 0 Å². The van der Waals surface area contributed by atoms with Crippen LogP contribution in [0.15, 0.2) is 72.9 Å². The fourth-order valence-electron chi connectivity index (χ4n) is 3.78. The number of benzene rings is 2. The molecular weight excluding hydrogens is 328 g/mol. The zero-order valence-corrected chi connectivity index (χ0v) is 16.5. The Morgan fingerprint density at radius 3 is 2.11 bits per heavy atom. The monoisotopic (exact) mass is 354 g/mol. The number of aromatic nitrogens is 2. The molecule has 136 valence electrons. The fourth-order valence-corrected chi connectivity index (χ4v) is 3.78. The van der Waals surface area contributed by atoms with Crippen LogP contribution in [0.5, 0.6) is 0 Å². The van der Waals surface area contributed by atoms with Gasteiger partial charge in [0.2, 0.25) is 0 Å². The van der Waals surface area contributed by atoms with Crippen LogP contribution in [0.1, 0.15) is 50.7 Å². The molecule has 0 atom stereocenters. The van der Waals surface area contributed by atoms with Gasteiger partial charge < -0.3 is 4.57 Å². The Balaban J connectivity index is 1.94. The molecule has 0 saturated heterocycles. The number of rotatable bonds is 4. The highest BCUT2D eigenvalue weighted by molar-refractivity contribution is 5.81. The molecule has 2 nitrogen and oxygen atoms in total. The average Bonchev–Trinajstić information content (AvgIpc) is 3.16. The quantitative estimate of drug-likeness (QED) is 0.388. The van der Waals surface area contributed by atoms with Gasteiger partial charge in [0.1, 0.15) is 0 Å². The van der Waals surface area contributed by atoms with Crippen molar-refractivity contribution in [1.29, 1.82) is 0 Å². The number of hydrogen-bond acceptors (Lipinski definition) is 1. The summed E-state index contributed by atoms with van der Waals surface area (Å²) in [5, 5.41) is 1.17. The van der Waals surface area contributed by atoms with Crippen molar-refractivity contribution in [3.63, 3.8) is 0 Å². The van der Waals surface area contributed by atoms with Crippen molar-refractivity contribution in [3.8, 4) is 17.1 Å². The molecule has 0 amide bonds. The molecule has 2 heteroatoms. The molecular formula is C25H26N2. The Morgan fingerprint density at radius 2 is 1.41 bits per heavy atom.